The molecule has 0 aromatic carbocycles. The molecule has 1 N–H and O–H groups in total. The summed E-state index contributed by atoms with van der Waals surface area (Å²) >= 11 is 3.28. The van der Waals surface area contributed by atoms with Crippen molar-refractivity contribution in [1.29, 1.82) is 5.26 Å². The molecule has 0 aliphatic carbocycles. The predicted octanol–water partition coefficient (Wildman–Crippen LogP) is 1.56. The summed E-state index contributed by atoms with van der Waals surface area (Å²) in [6.45, 7) is 2.17. The summed E-state index contributed by atoms with van der Waals surface area (Å²) in [6.07, 6.45) is 3.40. The Balaban J connectivity index is 1.88. The van der Waals surface area contributed by atoms with Crippen LogP contribution in [0, 0.1) is 11.3 Å². The van der Waals surface area contributed by atoms with E-state index in [1.807, 2.05) is 0 Å². The Labute approximate surface area is 120 Å². The van der Waals surface area contributed by atoms with Crippen LogP contribution < -0.4 is 5.32 Å². The van der Waals surface area contributed by atoms with Crippen molar-refractivity contribution in [3.05, 3.63) is 28.5 Å². The lowest BCUT2D eigenvalue weighted by atomic mass is 10.0. The Morgan fingerprint density at radius 1 is 1.58 bits per heavy atom. The van der Waals surface area contributed by atoms with E-state index < -0.39 is 0 Å². The number of halogens is 1. The Kier molecular flexibility index (Phi) is 4.88. The van der Waals surface area contributed by atoms with Gasteiger partial charge in [-0.25, -0.2) is 4.98 Å². The van der Waals surface area contributed by atoms with Gasteiger partial charge in [-0.05, 0) is 40.9 Å². The first kappa shape index (κ1) is 14.0. The number of aromatic nitrogens is 1. The molecule has 5 nitrogen and oxygen atoms in total. The number of nitriles is 1. The number of hydrogen-bond donors (Lipinski definition) is 1. The van der Waals surface area contributed by atoms with Crippen LogP contribution in [0.5, 0.6) is 0 Å². The van der Waals surface area contributed by atoms with Crippen molar-refractivity contribution in [1.82, 2.24) is 15.2 Å². The van der Waals surface area contributed by atoms with E-state index in [9.17, 15) is 4.79 Å². The maximum Gasteiger partial charge on any atom is 0.254 e. The van der Waals surface area contributed by atoms with Gasteiger partial charge in [-0.15, -0.1) is 0 Å². The number of carbonyl (C=O) groups is 1. The molecule has 1 amide bonds. The molecule has 0 spiro atoms. The average Bonchev–Trinajstić information content (AvgIpc) is 2.42. The topological polar surface area (TPSA) is 69.0 Å². The second-order valence-electron chi connectivity index (χ2n) is 4.52. The minimum atomic E-state index is -0.0984. The summed E-state index contributed by atoms with van der Waals surface area (Å²) in [5.74, 6) is -0.0984. The Morgan fingerprint density at radius 3 is 2.95 bits per heavy atom. The van der Waals surface area contributed by atoms with Gasteiger partial charge in [0.2, 0.25) is 0 Å². The molecule has 0 atom stereocenters. The normalized spacial score (nSPS) is 16.8. The summed E-state index contributed by atoms with van der Waals surface area (Å²) in [7, 11) is 0. The average molecular weight is 323 g/mol. The van der Waals surface area contributed by atoms with Gasteiger partial charge in [0.1, 0.15) is 4.60 Å². The highest BCUT2D eigenvalue weighted by atomic mass is 79.9. The Bertz CT molecular complexity index is 492. The molecule has 1 aliphatic rings. The summed E-state index contributed by atoms with van der Waals surface area (Å²) in [6, 6.07) is 5.82. The fourth-order valence-electron chi connectivity index (χ4n) is 2.15. The molecule has 2 rings (SSSR count). The lowest BCUT2D eigenvalue weighted by Gasteiger charge is -2.30. The minimum absolute atomic E-state index is 0.0984. The smallest absolute Gasteiger partial charge is 0.254 e. The van der Waals surface area contributed by atoms with Gasteiger partial charge in [0.05, 0.1) is 18.2 Å². The number of piperidine rings is 1. The minimum Gasteiger partial charge on any atom is -0.349 e. The third kappa shape index (κ3) is 3.75. The number of amides is 1. The number of hydrogen-bond acceptors (Lipinski definition) is 4. The van der Waals surface area contributed by atoms with Gasteiger partial charge >= 0.3 is 0 Å². The molecule has 1 aliphatic heterocycles. The van der Waals surface area contributed by atoms with Crippen LogP contribution in [0.4, 0.5) is 0 Å². The van der Waals surface area contributed by atoms with Crippen LogP contribution in [-0.4, -0.2) is 41.5 Å². The van der Waals surface area contributed by atoms with E-state index in [2.05, 4.69) is 37.2 Å². The highest BCUT2D eigenvalue weighted by molar-refractivity contribution is 9.10. The fourth-order valence-corrected chi connectivity index (χ4v) is 2.58. The van der Waals surface area contributed by atoms with Crippen LogP contribution in [0.3, 0.4) is 0 Å². The first-order valence-electron chi connectivity index (χ1n) is 6.21. The maximum absolute atomic E-state index is 12.1. The SMILES string of the molecule is N#CCN1CCC(NC(=O)c2cccnc2Br)CC1. The summed E-state index contributed by atoms with van der Waals surface area (Å²) in [5.41, 5.74) is 0.557. The second-order valence-corrected chi connectivity index (χ2v) is 5.27. The van der Waals surface area contributed by atoms with Crippen molar-refractivity contribution in [3.8, 4) is 6.07 Å². The van der Waals surface area contributed by atoms with Crippen molar-refractivity contribution >= 4 is 21.8 Å². The number of nitrogens with one attached hydrogen (secondary N) is 1. The summed E-state index contributed by atoms with van der Waals surface area (Å²) in [5, 5.41) is 11.7. The Morgan fingerprint density at radius 2 is 2.32 bits per heavy atom. The van der Waals surface area contributed by atoms with Crippen molar-refractivity contribution in [2.45, 2.75) is 18.9 Å². The predicted molar refractivity (Wildman–Crippen MR) is 74.5 cm³/mol. The molecular weight excluding hydrogens is 308 g/mol. The molecule has 0 saturated carbocycles. The molecular formula is C13H15BrN4O. The lowest BCUT2D eigenvalue weighted by Crippen LogP contribution is -2.44. The van der Waals surface area contributed by atoms with Crippen LogP contribution in [0.15, 0.2) is 22.9 Å². The quantitative estimate of drug-likeness (QED) is 0.677. The van der Waals surface area contributed by atoms with Crippen molar-refractivity contribution in [2.75, 3.05) is 19.6 Å². The van der Waals surface area contributed by atoms with E-state index in [0.717, 1.165) is 25.9 Å². The molecule has 1 aromatic rings. The van der Waals surface area contributed by atoms with Gasteiger partial charge in [-0.1, -0.05) is 0 Å². The molecule has 2 heterocycles. The second kappa shape index (κ2) is 6.64. The van der Waals surface area contributed by atoms with Crippen molar-refractivity contribution in [3.63, 3.8) is 0 Å². The zero-order chi connectivity index (χ0) is 13.7. The summed E-state index contributed by atoms with van der Waals surface area (Å²) in [4.78, 5) is 18.2. The van der Waals surface area contributed by atoms with E-state index >= 15 is 0 Å². The van der Waals surface area contributed by atoms with E-state index in [1.54, 1.807) is 18.3 Å². The highest BCUT2D eigenvalue weighted by Gasteiger charge is 2.21. The molecule has 0 radical (unpaired) electrons. The van der Waals surface area contributed by atoms with Gasteiger partial charge in [-0.3, -0.25) is 9.69 Å². The summed E-state index contributed by atoms with van der Waals surface area (Å²) < 4.78 is 0.564. The van der Waals surface area contributed by atoms with Gasteiger partial charge in [0, 0.05) is 25.3 Å². The van der Waals surface area contributed by atoms with E-state index in [0.29, 0.717) is 16.7 Å². The van der Waals surface area contributed by atoms with Crippen LogP contribution >= 0.6 is 15.9 Å². The van der Waals surface area contributed by atoms with Crippen molar-refractivity contribution in [2.24, 2.45) is 0 Å². The standard InChI is InChI=1S/C13H15BrN4O/c14-12-11(2-1-6-16-12)13(19)17-10-3-7-18(8-4-10)9-5-15/h1-2,6,10H,3-4,7-9H2,(H,17,19). The maximum atomic E-state index is 12.1. The van der Waals surface area contributed by atoms with Crippen LogP contribution in [0.2, 0.25) is 0 Å². The van der Waals surface area contributed by atoms with Gasteiger partial charge in [0.25, 0.3) is 5.91 Å². The van der Waals surface area contributed by atoms with Gasteiger partial charge in [0.15, 0.2) is 0 Å². The first-order valence-corrected chi connectivity index (χ1v) is 7.00. The molecule has 1 fully saturated rings. The van der Waals surface area contributed by atoms with Crippen molar-refractivity contribution < 1.29 is 4.79 Å². The van der Waals surface area contributed by atoms with E-state index in [1.165, 1.54) is 0 Å². The number of carbonyl (C=O) groups excluding carboxylic acids is 1. The number of nitrogens with zero attached hydrogens (tertiary/aromatic N) is 3. The third-order valence-electron chi connectivity index (χ3n) is 3.22. The zero-order valence-corrected chi connectivity index (χ0v) is 12.1. The number of rotatable bonds is 3. The molecule has 0 bridgehead atoms. The van der Waals surface area contributed by atoms with Gasteiger partial charge in [-0.2, -0.15) is 5.26 Å². The van der Waals surface area contributed by atoms with Crippen LogP contribution in [0.25, 0.3) is 0 Å². The Hall–Kier alpha value is -1.45. The molecule has 1 aromatic heterocycles. The lowest BCUT2D eigenvalue weighted by molar-refractivity contribution is 0.0913. The largest absolute Gasteiger partial charge is 0.349 e. The molecule has 1 saturated heterocycles. The molecule has 0 unspecified atom stereocenters. The fraction of sp³-hybridized carbons (Fsp3) is 0.462. The van der Waals surface area contributed by atoms with E-state index in [-0.39, 0.29) is 11.9 Å². The number of likely N-dealkylation sites (tertiary alicyclic amines) is 1. The highest BCUT2D eigenvalue weighted by Crippen LogP contribution is 2.14. The molecule has 100 valence electrons. The van der Waals surface area contributed by atoms with Crippen LogP contribution in [0.1, 0.15) is 23.2 Å². The van der Waals surface area contributed by atoms with E-state index in [4.69, 9.17) is 5.26 Å². The zero-order valence-electron chi connectivity index (χ0n) is 10.5. The monoisotopic (exact) mass is 322 g/mol. The first-order chi connectivity index (χ1) is 9.20. The third-order valence-corrected chi connectivity index (χ3v) is 3.85. The van der Waals surface area contributed by atoms with Gasteiger partial charge < -0.3 is 5.32 Å². The number of pyridine rings is 1. The van der Waals surface area contributed by atoms with Crippen LogP contribution in [-0.2, 0) is 0 Å². The molecule has 19 heavy (non-hydrogen) atoms. The molecule has 6 heteroatoms.